The average molecular weight is 416 g/mol. The van der Waals surface area contributed by atoms with E-state index in [2.05, 4.69) is 25.7 Å². The highest BCUT2D eigenvalue weighted by molar-refractivity contribution is 7.91. The summed E-state index contributed by atoms with van der Waals surface area (Å²) in [5, 5.41) is 12.0. The average Bonchev–Trinajstić information content (AvgIpc) is 3.13. The highest BCUT2D eigenvalue weighted by atomic mass is 32.2. The lowest BCUT2D eigenvalue weighted by molar-refractivity contribution is -0.132. The van der Waals surface area contributed by atoms with Crippen molar-refractivity contribution >= 4 is 21.5 Å². The predicted molar refractivity (Wildman–Crippen MR) is 114 cm³/mol. The van der Waals surface area contributed by atoms with Crippen LogP contribution in [0.2, 0.25) is 0 Å². The number of anilines is 1. The smallest absolute Gasteiger partial charge is 0.332 e. The van der Waals surface area contributed by atoms with Gasteiger partial charge in [0.25, 0.3) is 0 Å². The van der Waals surface area contributed by atoms with Crippen LogP contribution >= 0.6 is 0 Å². The van der Waals surface area contributed by atoms with Gasteiger partial charge in [0.1, 0.15) is 5.75 Å². The fourth-order valence-electron chi connectivity index (χ4n) is 3.45. The maximum Gasteiger partial charge on any atom is 0.332 e. The molecule has 0 atom stereocenters. The van der Waals surface area contributed by atoms with Crippen LogP contribution in [0.25, 0.3) is 11.1 Å². The molecule has 154 valence electrons. The van der Waals surface area contributed by atoms with Crippen molar-refractivity contribution in [1.82, 2.24) is 0 Å². The monoisotopic (exact) mass is 415 g/mol. The van der Waals surface area contributed by atoms with Gasteiger partial charge in [0.2, 0.25) is 0 Å². The van der Waals surface area contributed by atoms with Crippen LogP contribution < -0.4 is 10.1 Å². The highest BCUT2D eigenvalue weighted by Crippen LogP contribution is 2.44. The minimum atomic E-state index is -3.56. The Bertz CT molecular complexity index is 1070. The summed E-state index contributed by atoms with van der Waals surface area (Å²) < 4.78 is 30.9. The van der Waals surface area contributed by atoms with E-state index in [1.165, 1.54) is 5.56 Å². The van der Waals surface area contributed by atoms with Crippen molar-refractivity contribution in [2.45, 2.75) is 31.1 Å². The SMILES string of the molecule is C=C(CNc1cc(-c2ccc(C(C)C)cc2)c2c(c1S(C)(=O)=O)CCO2)C(=O)O. The quantitative estimate of drug-likeness (QED) is 0.667. The number of ether oxygens (including phenoxy) is 1. The third-order valence-corrected chi connectivity index (χ3v) is 6.19. The zero-order valence-electron chi connectivity index (χ0n) is 16.8. The number of aliphatic carboxylic acids is 1. The minimum absolute atomic E-state index is 0.0518. The maximum absolute atomic E-state index is 12.5. The first-order valence-corrected chi connectivity index (χ1v) is 11.3. The number of carboxylic acid groups (broad SMARTS) is 1. The molecule has 6 nitrogen and oxygen atoms in total. The summed E-state index contributed by atoms with van der Waals surface area (Å²) in [7, 11) is -3.56. The molecule has 0 fully saturated rings. The Hall–Kier alpha value is -2.80. The van der Waals surface area contributed by atoms with Gasteiger partial charge in [-0.3, -0.25) is 0 Å². The summed E-state index contributed by atoms with van der Waals surface area (Å²) in [5.74, 6) is -0.157. The topological polar surface area (TPSA) is 92.7 Å². The van der Waals surface area contributed by atoms with Gasteiger partial charge in [0.15, 0.2) is 9.84 Å². The lowest BCUT2D eigenvalue weighted by Crippen LogP contribution is -2.14. The van der Waals surface area contributed by atoms with E-state index in [0.717, 1.165) is 17.4 Å². The fourth-order valence-corrected chi connectivity index (χ4v) is 4.62. The number of sulfone groups is 1. The van der Waals surface area contributed by atoms with Crippen molar-refractivity contribution in [2.75, 3.05) is 24.7 Å². The lowest BCUT2D eigenvalue weighted by Gasteiger charge is -2.18. The van der Waals surface area contributed by atoms with E-state index < -0.39 is 15.8 Å². The Morgan fingerprint density at radius 3 is 2.48 bits per heavy atom. The minimum Gasteiger partial charge on any atom is -0.492 e. The van der Waals surface area contributed by atoms with Gasteiger partial charge in [-0.2, -0.15) is 0 Å². The molecular formula is C22H25NO5S. The molecule has 0 radical (unpaired) electrons. The van der Waals surface area contributed by atoms with Crippen LogP contribution in [0.3, 0.4) is 0 Å². The molecule has 29 heavy (non-hydrogen) atoms. The number of hydrogen-bond donors (Lipinski definition) is 2. The molecule has 1 heterocycles. The highest BCUT2D eigenvalue weighted by Gasteiger charge is 2.29. The van der Waals surface area contributed by atoms with E-state index in [0.29, 0.717) is 35.9 Å². The molecule has 0 amide bonds. The van der Waals surface area contributed by atoms with E-state index in [1.54, 1.807) is 6.07 Å². The van der Waals surface area contributed by atoms with Crippen molar-refractivity contribution in [3.63, 3.8) is 0 Å². The van der Waals surface area contributed by atoms with Gasteiger partial charge in [-0.25, -0.2) is 13.2 Å². The molecule has 0 aromatic heterocycles. The third-order valence-electron chi connectivity index (χ3n) is 4.98. The van der Waals surface area contributed by atoms with Crippen LogP contribution in [0.1, 0.15) is 30.9 Å². The molecule has 2 aromatic rings. The normalized spacial score (nSPS) is 13.1. The largest absolute Gasteiger partial charge is 0.492 e. The number of fused-ring (bicyclic) bond motifs is 1. The summed E-state index contributed by atoms with van der Waals surface area (Å²) in [5.41, 5.74) is 3.83. The second kappa shape index (κ2) is 7.91. The molecule has 2 aromatic carbocycles. The molecule has 0 spiro atoms. The van der Waals surface area contributed by atoms with Gasteiger partial charge in [-0.05, 0) is 23.1 Å². The van der Waals surface area contributed by atoms with Crippen LogP contribution in [0, 0.1) is 0 Å². The van der Waals surface area contributed by atoms with Gasteiger partial charge in [0.05, 0.1) is 17.2 Å². The molecule has 7 heteroatoms. The van der Waals surface area contributed by atoms with Gasteiger partial charge in [-0.15, -0.1) is 0 Å². The number of carbonyl (C=O) groups is 1. The number of hydrogen-bond acceptors (Lipinski definition) is 5. The second-order valence-corrected chi connectivity index (χ2v) is 9.47. The molecule has 0 saturated heterocycles. The Morgan fingerprint density at radius 1 is 1.28 bits per heavy atom. The molecule has 1 aliphatic rings. The molecule has 0 bridgehead atoms. The molecule has 3 rings (SSSR count). The summed E-state index contributed by atoms with van der Waals surface area (Å²) in [6, 6.07) is 9.80. The van der Waals surface area contributed by atoms with Gasteiger partial charge in [0, 0.05) is 35.9 Å². The summed E-state index contributed by atoms with van der Waals surface area (Å²) in [6.45, 7) is 8.08. The molecule has 1 aliphatic heterocycles. The van der Waals surface area contributed by atoms with Crippen molar-refractivity contribution in [3.8, 4) is 16.9 Å². The first-order valence-electron chi connectivity index (χ1n) is 9.37. The van der Waals surface area contributed by atoms with Crippen molar-refractivity contribution in [1.29, 1.82) is 0 Å². The van der Waals surface area contributed by atoms with E-state index in [4.69, 9.17) is 9.84 Å². The van der Waals surface area contributed by atoms with Crippen LogP contribution in [0.4, 0.5) is 5.69 Å². The van der Waals surface area contributed by atoms with Crippen LogP contribution in [-0.2, 0) is 21.1 Å². The van der Waals surface area contributed by atoms with Crippen LogP contribution in [0.15, 0.2) is 47.4 Å². The lowest BCUT2D eigenvalue weighted by atomic mass is 9.96. The number of rotatable bonds is 7. The van der Waals surface area contributed by atoms with Gasteiger partial charge in [-0.1, -0.05) is 44.7 Å². The molecule has 0 unspecified atom stereocenters. The molecule has 0 saturated carbocycles. The summed E-state index contributed by atoms with van der Waals surface area (Å²) >= 11 is 0. The second-order valence-electron chi connectivity index (χ2n) is 7.52. The van der Waals surface area contributed by atoms with Crippen molar-refractivity contribution in [3.05, 3.63) is 53.6 Å². The standard InChI is InChI=1S/C22H25NO5S/c1-13(2)15-5-7-16(8-6-15)18-11-19(23-12-14(3)22(24)25)21(29(4,26)27)17-9-10-28-20(17)18/h5-8,11,13,23H,3,9-10,12H2,1-2,4H3,(H,24,25). The zero-order chi connectivity index (χ0) is 21.3. The fraction of sp³-hybridized carbons (Fsp3) is 0.318. The number of benzene rings is 2. The Kier molecular flexibility index (Phi) is 5.71. The molecular weight excluding hydrogens is 390 g/mol. The van der Waals surface area contributed by atoms with Gasteiger partial charge < -0.3 is 15.2 Å². The number of carboxylic acids is 1. The van der Waals surface area contributed by atoms with E-state index in [9.17, 15) is 13.2 Å². The van der Waals surface area contributed by atoms with Crippen LogP contribution in [0.5, 0.6) is 5.75 Å². The van der Waals surface area contributed by atoms with Crippen molar-refractivity contribution < 1.29 is 23.1 Å². The first-order chi connectivity index (χ1) is 13.6. The Morgan fingerprint density at radius 2 is 1.93 bits per heavy atom. The first kappa shape index (κ1) is 20.9. The number of nitrogens with one attached hydrogen (secondary N) is 1. The zero-order valence-corrected chi connectivity index (χ0v) is 17.6. The molecule has 2 N–H and O–H groups in total. The summed E-state index contributed by atoms with van der Waals surface area (Å²) in [6.07, 6.45) is 1.62. The third kappa shape index (κ3) is 4.29. The van der Waals surface area contributed by atoms with Crippen molar-refractivity contribution in [2.24, 2.45) is 0 Å². The van der Waals surface area contributed by atoms with E-state index in [-0.39, 0.29) is 17.0 Å². The maximum atomic E-state index is 12.5. The predicted octanol–water partition coefficient (Wildman–Crippen LogP) is 3.87. The molecule has 0 aliphatic carbocycles. The Balaban J connectivity index is 2.15. The Labute approximate surface area is 171 Å². The van der Waals surface area contributed by atoms with Crippen LogP contribution in [-0.4, -0.2) is 38.9 Å². The summed E-state index contributed by atoms with van der Waals surface area (Å²) in [4.78, 5) is 11.2. The van der Waals surface area contributed by atoms with E-state index >= 15 is 0 Å². The van der Waals surface area contributed by atoms with E-state index in [1.807, 2.05) is 24.3 Å². The van der Waals surface area contributed by atoms with Gasteiger partial charge >= 0.3 is 5.97 Å².